The molecule has 2 aromatic heterocycles. The molecule has 1 aromatic carbocycles. The third-order valence-corrected chi connectivity index (χ3v) is 17.9. The van der Waals surface area contributed by atoms with Gasteiger partial charge < -0.3 is 48.4 Å². The highest BCUT2D eigenvalue weighted by Crippen LogP contribution is 2.46. The Balaban J connectivity index is 1.01. The second-order valence-corrected chi connectivity index (χ2v) is 25.9. The fourth-order valence-electron chi connectivity index (χ4n) is 13.7. The van der Waals surface area contributed by atoms with Crippen LogP contribution in [0.15, 0.2) is 30.5 Å². The van der Waals surface area contributed by atoms with E-state index in [0.29, 0.717) is 98.7 Å². The molecule has 0 unspecified atom stereocenters. The number of likely N-dealkylation sites (tertiary alicyclic amines) is 2. The summed E-state index contributed by atoms with van der Waals surface area (Å²) in [6.45, 7) is 17.0. The second-order valence-electron chi connectivity index (χ2n) is 25.9. The normalized spacial score (nSPS) is 26.7. The van der Waals surface area contributed by atoms with Crippen LogP contribution in [0.5, 0.6) is 0 Å². The number of piperazine rings is 1. The van der Waals surface area contributed by atoms with Gasteiger partial charge in [-0.1, -0.05) is 26.7 Å². The van der Waals surface area contributed by atoms with Crippen LogP contribution < -0.4 is 20.5 Å². The van der Waals surface area contributed by atoms with Crippen molar-refractivity contribution in [3.05, 3.63) is 41.7 Å². The van der Waals surface area contributed by atoms with Crippen molar-refractivity contribution < 1.29 is 51.3 Å². The van der Waals surface area contributed by atoms with E-state index in [9.17, 15) is 9.59 Å². The van der Waals surface area contributed by atoms with Crippen LogP contribution in [0.4, 0.5) is 29.3 Å². The zero-order valence-electron chi connectivity index (χ0n) is 48.3. The van der Waals surface area contributed by atoms with E-state index in [4.69, 9.17) is 23.9 Å². The summed E-state index contributed by atoms with van der Waals surface area (Å²) in [5.41, 5.74) is 5.70. The summed E-state index contributed by atoms with van der Waals surface area (Å²) in [7, 11) is 3.64. The van der Waals surface area contributed by atoms with Gasteiger partial charge in [-0.2, -0.15) is 13.2 Å². The van der Waals surface area contributed by atoms with Crippen molar-refractivity contribution in [3.63, 3.8) is 0 Å². The highest BCUT2D eigenvalue weighted by molar-refractivity contribution is 5.95. The van der Waals surface area contributed by atoms with E-state index in [1.807, 2.05) is 59.7 Å². The van der Waals surface area contributed by atoms with Gasteiger partial charge in [0, 0.05) is 112 Å². The number of morpholine rings is 1. The van der Waals surface area contributed by atoms with Crippen molar-refractivity contribution in [1.82, 2.24) is 40.0 Å². The number of methoxy groups -OCH3 is 1. The van der Waals surface area contributed by atoms with E-state index >= 15 is 22.8 Å². The Bertz CT molecular complexity index is 2750. The van der Waals surface area contributed by atoms with Crippen LogP contribution in [0.1, 0.15) is 117 Å². The molecule has 6 bridgehead atoms. The van der Waals surface area contributed by atoms with Crippen molar-refractivity contribution in [1.29, 1.82) is 0 Å². The lowest BCUT2D eigenvalue weighted by Crippen LogP contribution is -2.62. The first-order valence-electron chi connectivity index (χ1n) is 29.3. The van der Waals surface area contributed by atoms with Gasteiger partial charge in [0.15, 0.2) is 0 Å². The van der Waals surface area contributed by atoms with E-state index in [1.165, 1.54) is 9.58 Å². The monoisotopic (exact) mass is 1120 g/mol. The zero-order chi connectivity index (χ0) is 56.9. The molecular weight excluding hydrogens is 1030 g/mol. The Kier molecular flexibility index (Phi) is 16.8. The average molecular weight is 1120 g/mol. The maximum Gasteiger partial charge on any atom is 0.410 e. The number of carbonyl (C=O) groups is 4. The highest BCUT2D eigenvalue weighted by Gasteiger charge is 2.50. The van der Waals surface area contributed by atoms with Crippen LogP contribution in [0.25, 0.3) is 22.2 Å². The predicted molar refractivity (Wildman–Crippen MR) is 298 cm³/mol. The number of nitrogens with one attached hydrogen (secondary N) is 2. The molecule has 21 heteroatoms. The number of ether oxygens (including phenoxy) is 4. The Hall–Kier alpha value is -5.22. The smallest absolute Gasteiger partial charge is 0.410 e. The van der Waals surface area contributed by atoms with Gasteiger partial charge in [0.2, 0.25) is 5.91 Å². The number of anilines is 2. The molecule has 1 aliphatic carbocycles. The number of esters is 1. The first-order valence-corrected chi connectivity index (χ1v) is 29.3. The van der Waals surface area contributed by atoms with Crippen LogP contribution in [0.2, 0.25) is 0 Å². The number of carbonyl (C=O) groups excluding carboxylic acids is 4. The van der Waals surface area contributed by atoms with Crippen molar-refractivity contribution in [2.24, 2.45) is 16.7 Å². The summed E-state index contributed by atoms with van der Waals surface area (Å²) >= 11 is 0. The van der Waals surface area contributed by atoms with E-state index in [1.54, 1.807) is 24.3 Å². The summed E-state index contributed by atoms with van der Waals surface area (Å²) in [6.07, 6.45) is 2.49. The number of amides is 3. The number of benzene rings is 1. The van der Waals surface area contributed by atoms with Crippen LogP contribution >= 0.6 is 0 Å². The lowest BCUT2D eigenvalue weighted by molar-refractivity contribution is -0.156. The first kappa shape index (κ1) is 58.0. The van der Waals surface area contributed by atoms with Gasteiger partial charge >= 0.3 is 18.2 Å². The Morgan fingerprint density at radius 2 is 1.68 bits per heavy atom. The first-order chi connectivity index (χ1) is 38.0. The van der Waals surface area contributed by atoms with Gasteiger partial charge in [-0.05, 0) is 122 Å². The largest absolute Gasteiger partial charge is 0.464 e. The number of rotatable bonds is 9. The Labute approximate surface area is 469 Å². The van der Waals surface area contributed by atoms with Gasteiger partial charge in [-0.25, -0.2) is 10.2 Å². The van der Waals surface area contributed by atoms with Gasteiger partial charge in [0.05, 0.1) is 54.7 Å². The molecule has 5 saturated heterocycles. The molecule has 6 atom stereocenters. The molecule has 10 rings (SSSR count). The summed E-state index contributed by atoms with van der Waals surface area (Å²) < 4.78 is 71.2. The fourth-order valence-corrected chi connectivity index (χ4v) is 13.7. The van der Waals surface area contributed by atoms with Crippen molar-refractivity contribution in [2.45, 2.75) is 154 Å². The van der Waals surface area contributed by atoms with Gasteiger partial charge in [-0.3, -0.25) is 29.3 Å². The molecule has 1 saturated carbocycles. The van der Waals surface area contributed by atoms with Crippen LogP contribution in [-0.4, -0.2) is 189 Å². The summed E-state index contributed by atoms with van der Waals surface area (Å²) in [4.78, 5) is 73.4. The number of alkyl halides is 3. The number of pyridine rings is 1. The minimum atomic E-state index is -4.60. The van der Waals surface area contributed by atoms with Crippen LogP contribution in [0.3, 0.4) is 0 Å². The molecule has 6 fully saturated rings. The quantitative estimate of drug-likeness (QED) is 0.205. The maximum absolute atomic E-state index is 15.2. The third kappa shape index (κ3) is 12.9. The molecule has 80 heavy (non-hydrogen) atoms. The lowest BCUT2D eigenvalue weighted by atomic mass is 9.84. The fraction of sp³-hybridized carbons (Fsp3) is 0.712. The average Bonchev–Trinajstić information content (AvgIpc) is 4.42. The van der Waals surface area contributed by atoms with Crippen molar-refractivity contribution in [2.75, 3.05) is 109 Å². The van der Waals surface area contributed by atoms with Crippen molar-refractivity contribution in [3.8, 4) is 11.3 Å². The number of nitrogens with zero attached hydrogens (tertiary/aromatic N) is 8. The molecule has 6 aliphatic heterocycles. The molecule has 18 nitrogen and oxygen atoms in total. The second kappa shape index (κ2) is 23.2. The number of aromatic nitrogens is 2. The molecular formula is C59H85F3N10O8. The molecule has 7 aliphatic rings. The topological polar surface area (TPSA) is 167 Å². The minimum Gasteiger partial charge on any atom is -0.464 e. The molecule has 3 amide bonds. The van der Waals surface area contributed by atoms with Crippen LogP contribution in [-0.2, 0) is 46.3 Å². The minimum absolute atomic E-state index is 0.0623. The third-order valence-electron chi connectivity index (χ3n) is 17.9. The molecule has 2 N–H and O–H groups in total. The predicted octanol–water partition coefficient (Wildman–Crippen LogP) is 7.32. The van der Waals surface area contributed by atoms with E-state index < -0.39 is 60.0 Å². The summed E-state index contributed by atoms with van der Waals surface area (Å²) in [6, 6.07) is 5.19. The molecule has 1 spiro atoms. The number of fused-ring (bicyclic) bond motifs is 6. The molecule has 8 heterocycles. The number of cyclic esters (lactones) is 1. The van der Waals surface area contributed by atoms with E-state index in [2.05, 4.69) is 37.4 Å². The Morgan fingerprint density at radius 1 is 0.925 bits per heavy atom. The summed E-state index contributed by atoms with van der Waals surface area (Å²) in [5, 5.41) is 5.38. The summed E-state index contributed by atoms with van der Waals surface area (Å²) in [5.74, 6) is -1.06. The Morgan fingerprint density at radius 3 is 2.40 bits per heavy atom. The van der Waals surface area contributed by atoms with Crippen molar-refractivity contribution >= 4 is 46.2 Å². The van der Waals surface area contributed by atoms with Gasteiger partial charge in [-0.15, -0.1) is 0 Å². The van der Waals surface area contributed by atoms with E-state index in [0.717, 1.165) is 76.1 Å². The molecule has 3 aromatic rings. The number of hydrogen-bond acceptors (Lipinski definition) is 14. The number of hydrogen-bond donors (Lipinski definition) is 2. The highest BCUT2D eigenvalue weighted by atomic mass is 19.4. The van der Waals surface area contributed by atoms with Gasteiger partial charge in [0.1, 0.15) is 24.2 Å². The maximum atomic E-state index is 15.2. The lowest BCUT2D eigenvalue weighted by Gasteiger charge is -2.39. The number of hydrazine groups is 1. The molecule has 440 valence electrons. The van der Waals surface area contributed by atoms with Gasteiger partial charge in [0.25, 0.3) is 5.91 Å². The standard InChI is InChI=1S/C59H85F3N10O8/c1-38(77-8)49-44(29-41(32-63-49)67-24-22-66(7)23-25-67)51-45-31-57(5,6)37-79-54(75)46-14-11-19-72(65-46)53(74)47(30-42-33-68(26-27-78-42)40-15-16-48(43(45)28-40)71(51)36-59(60,61)62)64-52(73)50(39-12-9-10-13-39)69-20-17-58(34-69)18-21-70(35-58)55(76)80-56(2,3)4/h15-16,28-29,32,38-39,42,46-47,50,65H,9-14,17-27,30-31,33-37H2,1-8H3,(H,64,73)/t38-,42-,46-,47-,50-,58-/m0/s1. The number of halogens is 3. The molecule has 0 radical (unpaired) electrons. The zero-order valence-corrected chi connectivity index (χ0v) is 48.3. The van der Waals surface area contributed by atoms with E-state index in [-0.39, 0.29) is 48.7 Å². The number of likely N-dealkylation sites (N-methyl/N-ethyl adjacent to an activating group) is 1. The SMILES string of the molecule is CO[C@@H](C)c1ncc(N2CCN(C)CC2)cc1-c1c2c3cc(ccc3n1CC(F)(F)F)N1CCO[C@@H](C[C@H](NC(=O)[C@H](C3CCCC3)N3CC[C@]4(CCN(C(=O)OC(C)(C)C)C4)C3)C(=O)N3CCC[C@H](N3)C(=O)OCC(C)(C)C2)C1. The van der Waals surface area contributed by atoms with Crippen LogP contribution in [0, 0.1) is 16.7 Å².